The highest BCUT2D eigenvalue weighted by molar-refractivity contribution is 7.09. The zero-order valence-corrected chi connectivity index (χ0v) is 17.1. The Morgan fingerprint density at radius 2 is 2.19 bits per heavy atom. The van der Waals surface area contributed by atoms with Crippen LogP contribution in [0.3, 0.4) is 0 Å². The molecular weight excluding hydrogens is 350 g/mol. The van der Waals surface area contributed by atoms with Gasteiger partial charge in [-0.05, 0) is 26.7 Å². The number of amides is 1. The summed E-state index contributed by atoms with van der Waals surface area (Å²) in [5.74, 6) is 1.37. The molecule has 1 aromatic heterocycles. The largest absolute Gasteiger partial charge is 0.444 e. The number of ether oxygens (including phenoxy) is 1. The SMILES string of the molecule is CC(C)c1csc(CNC2=NCC3CN(C(=O)OC(C)(C)C)CCN23)n1. The van der Waals surface area contributed by atoms with Gasteiger partial charge in [0.2, 0.25) is 0 Å². The van der Waals surface area contributed by atoms with Crippen molar-refractivity contribution in [3.63, 3.8) is 0 Å². The number of piperazine rings is 1. The summed E-state index contributed by atoms with van der Waals surface area (Å²) in [6.07, 6.45) is -0.234. The zero-order chi connectivity index (χ0) is 18.9. The number of nitrogens with one attached hydrogen (secondary N) is 1. The molecule has 26 heavy (non-hydrogen) atoms. The third kappa shape index (κ3) is 4.47. The van der Waals surface area contributed by atoms with E-state index in [0.717, 1.165) is 23.2 Å². The number of aromatic nitrogens is 1. The number of hydrogen-bond donors (Lipinski definition) is 1. The van der Waals surface area contributed by atoms with Gasteiger partial charge in [0.1, 0.15) is 10.6 Å². The lowest BCUT2D eigenvalue weighted by atomic mass is 10.2. The predicted molar refractivity (Wildman–Crippen MR) is 104 cm³/mol. The molecule has 8 heteroatoms. The van der Waals surface area contributed by atoms with E-state index >= 15 is 0 Å². The molecule has 3 heterocycles. The van der Waals surface area contributed by atoms with Crippen LogP contribution in [0.15, 0.2) is 10.4 Å². The number of carbonyl (C=O) groups is 1. The van der Waals surface area contributed by atoms with Gasteiger partial charge < -0.3 is 19.9 Å². The Morgan fingerprint density at radius 3 is 2.85 bits per heavy atom. The Bertz CT molecular complexity index is 679. The maximum Gasteiger partial charge on any atom is 0.410 e. The number of guanidine groups is 1. The molecule has 1 amide bonds. The quantitative estimate of drug-likeness (QED) is 0.874. The van der Waals surface area contributed by atoms with Crippen LogP contribution in [-0.4, -0.2) is 64.7 Å². The second-order valence-electron chi connectivity index (χ2n) is 8.11. The fraction of sp³-hybridized carbons (Fsp3) is 0.722. The summed E-state index contributed by atoms with van der Waals surface area (Å²) in [7, 11) is 0. The van der Waals surface area contributed by atoms with Crippen LogP contribution in [0.1, 0.15) is 51.2 Å². The smallest absolute Gasteiger partial charge is 0.410 e. The van der Waals surface area contributed by atoms with Crippen molar-refractivity contribution in [1.29, 1.82) is 0 Å². The fourth-order valence-electron chi connectivity index (χ4n) is 3.05. The molecule has 0 aromatic carbocycles. The van der Waals surface area contributed by atoms with Crippen molar-refractivity contribution in [2.45, 2.75) is 58.7 Å². The molecule has 0 bridgehead atoms. The molecule has 0 saturated carbocycles. The Balaban J connectivity index is 1.51. The Morgan fingerprint density at radius 1 is 1.42 bits per heavy atom. The van der Waals surface area contributed by atoms with Gasteiger partial charge in [-0.3, -0.25) is 4.99 Å². The van der Waals surface area contributed by atoms with Crippen molar-refractivity contribution in [2.24, 2.45) is 4.99 Å². The number of rotatable bonds is 3. The van der Waals surface area contributed by atoms with Gasteiger partial charge in [-0.1, -0.05) is 13.8 Å². The highest BCUT2D eigenvalue weighted by Gasteiger charge is 2.36. The van der Waals surface area contributed by atoms with Crippen molar-refractivity contribution in [2.75, 3.05) is 26.2 Å². The summed E-state index contributed by atoms with van der Waals surface area (Å²) in [6.45, 7) is 13.5. The first-order chi connectivity index (χ1) is 12.2. The van der Waals surface area contributed by atoms with Crippen molar-refractivity contribution in [1.82, 2.24) is 20.1 Å². The van der Waals surface area contributed by atoms with E-state index < -0.39 is 5.60 Å². The summed E-state index contributed by atoms with van der Waals surface area (Å²) in [4.78, 5) is 25.6. The Labute approximate surface area is 159 Å². The third-order valence-corrected chi connectivity index (χ3v) is 5.28. The minimum absolute atomic E-state index is 0.223. The molecule has 7 nitrogen and oxygen atoms in total. The van der Waals surface area contributed by atoms with Gasteiger partial charge in [-0.15, -0.1) is 11.3 Å². The average molecular weight is 380 g/mol. The summed E-state index contributed by atoms with van der Waals surface area (Å²) in [5.41, 5.74) is 0.680. The number of fused-ring (bicyclic) bond motifs is 1. The monoisotopic (exact) mass is 379 g/mol. The lowest BCUT2D eigenvalue weighted by Gasteiger charge is -2.39. The van der Waals surface area contributed by atoms with Crippen LogP contribution in [-0.2, 0) is 11.3 Å². The van der Waals surface area contributed by atoms with E-state index in [-0.39, 0.29) is 12.1 Å². The molecule has 1 aromatic rings. The average Bonchev–Trinajstić information content (AvgIpc) is 3.17. The van der Waals surface area contributed by atoms with Crippen LogP contribution < -0.4 is 5.32 Å². The zero-order valence-electron chi connectivity index (χ0n) is 16.3. The topological polar surface area (TPSA) is 70.1 Å². The summed E-state index contributed by atoms with van der Waals surface area (Å²) >= 11 is 1.68. The van der Waals surface area contributed by atoms with Gasteiger partial charge in [-0.25, -0.2) is 9.78 Å². The van der Waals surface area contributed by atoms with Gasteiger partial charge in [0, 0.05) is 25.0 Å². The fourth-order valence-corrected chi connectivity index (χ4v) is 3.94. The van der Waals surface area contributed by atoms with E-state index in [9.17, 15) is 4.79 Å². The second kappa shape index (κ2) is 7.42. The van der Waals surface area contributed by atoms with Crippen molar-refractivity contribution >= 4 is 23.4 Å². The first-order valence-electron chi connectivity index (χ1n) is 9.20. The minimum atomic E-state index is -0.463. The molecular formula is C18H29N5O2S. The van der Waals surface area contributed by atoms with Crippen molar-refractivity contribution in [3.8, 4) is 0 Å². The Hall–Kier alpha value is -1.83. The first kappa shape index (κ1) is 18.9. The highest BCUT2D eigenvalue weighted by Crippen LogP contribution is 2.20. The first-order valence-corrected chi connectivity index (χ1v) is 10.1. The summed E-state index contributed by atoms with van der Waals surface area (Å²) < 4.78 is 5.49. The predicted octanol–water partition coefficient (Wildman–Crippen LogP) is 2.65. The lowest BCUT2D eigenvalue weighted by molar-refractivity contribution is 0.0137. The maximum atomic E-state index is 12.3. The second-order valence-corrected chi connectivity index (χ2v) is 9.05. The normalized spacial score (nSPS) is 20.2. The van der Waals surface area contributed by atoms with Crippen LogP contribution in [0.25, 0.3) is 0 Å². The van der Waals surface area contributed by atoms with E-state index in [1.807, 2.05) is 20.8 Å². The van der Waals surface area contributed by atoms with E-state index in [1.54, 1.807) is 16.2 Å². The maximum absolute atomic E-state index is 12.3. The van der Waals surface area contributed by atoms with Gasteiger partial charge in [0.25, 0.3) is 0 Å². The Kier molecular flexibility index (Phi) is 5.41. The molecule has 2 aliphatic heterocycles. The number of aliphatic imine (C=N–C) groups is 1. The lowest BCUT2D eigenvalue weighted by Crippen LogP contribution is -2.57. The number of carbonyl (C=O) groups excluding carboxylic acids is 1. The van der Waals surface area contributed by atoms with E-state index in [2.05, 4.69) is 39.4 Å². The molecule has 1 atom stereocenters. The van der Waals surface area contributed by atoms with Gasteiger partial charge in [0.15, 0.2) is 5.96 Å². The molecule has 2 aliphatic rings. The highest BCUT2D eigenvalue weighted by atomic mass is 32.1. The summed E-state index contributed by atoms with van der Waals surface area (Å²) in [6, 6.07) is 0.223. The van der Waals surface area contributed by atoms with Crippen molar-refractivity contribution in [3.05, 3.63) is 16.1 Å². The van der Waals surface area contributed by atoms with Gasteiger partial charge in [-0.2, -0.15) is 0 Å². The molecule has 1 saturated heterocycles. The molecule has 1 unspecified atom stereocenters. The molecule has 1 fully saturated rings. The molecule has 144 valence electrons. The van der Waals surface area contributed by atoms with Crippen LogP contribution in [0.5, 0.6) is 0 Å². The van der Waals surface area contributed by atoms with E-state index in [1.165, 1.54) is 0 Å². The molecule has 3 rings (SSSR count). The van der Waals surface area contributed by atoms with Crippen LogP contribution in [0, 0.1) is 0 Å². The third-order valence-electron chi connectivity index (χ3n) is 4.42. The number of thiazole rings is 1. The van der Waals surface area contributed by atoms with E-state index in [0.29, 0.717) is 32.1 Å². The van der Waals surface area contributed by atoms with E-state index in [4.69, 9.17) is 4.74 Å². The minimum Gasteiger partial charge on any atom is -0.444 e. The van der Waals surface area contributed by atoms with Gasteiger partial charge in [0.05, 0.1) is 24.8 Å². The molecule has 1 N–H and O–H groups in total. The van der Waals surface area contributed by atoms with Gasteiger partial charge >= 0.3 is 6.09 Å². The standard InChI is InChI=1S/C18H29N5O2S/c1-12(2)14-11-26-15(21-14)9-20-16-19-8-13-10-22(6-7-23(13)16)17(24)25-18(3,4)5/h11-13H,6-10H2,1-5H3,(H,19,20). The number of nitrogens with zero attached hydrogens (tertiary/aromatic N) is 4. The molecule has 0 spiro atoms. The van der Waals surface area contributed by atoms with Crippen LogP contribution in [0.2, 0.25) is 0 Å². The summed E-state index contributed by atoms with van der Waals surface area (Å²) in [5, 5.41) is 6.62. The van der Waals surface area contributed by atoms with Crippen LogP contribution >= 0.6 is 11.3 Å². The number of hydrogen-bond acceptors (Lipinski definition) is 7. The van der Waals surface area contributed by atoms with Crippen molar-refractivity contribution < 1.29 is 9.53 Å². The van der Waals surface area contributed by atoms with Crippen LogP contribution in [0.4, 0.5) is 4.79 Å². The molecule has 0 aliphatic carbocycles. The molecule has 0 radical (unpaired) electrons.